The van der Waals surface area contributed by atoms with Crippen LogP contribution in [0.5, 0.6) is 5.75 Å². The van der Waals surface area contributed by atoms with Gasteiger partial charge in [0.25, 0.3) is 0 Å². The second-order valence-corrected chi connectivity index (χ2v) is 7.15. The van der Waals surface area contributed by atoms with E-state index in [1.54, 1.807) is 0 Å². The third-order valence-corrected chi connectivity index (χ3v) is 5.18. The average Bonchev–Trinajstić information content (AvgIpc) is 2.91. The number of ether oxygens (including phenoxy) is 1. The molecule has 3 atom stereocenters. The number of carbonyl (C=O) groups excluding carboxylic acids is 1. The number of aliphatic hydroxyl groups excluding tert-OH is 1. The number of hydrogen-bond acceptors (Lipinski definition) is 3. The fourth-order valence-electron chi connectivity index (χ4n) is 3.53. The Bertz CT molecular complexity index is 590. The van der Waals surface area contributed by atoms with E-state index in [9.17, 15) is 9.90 Å². The van der Waals surface area contributed by atoms with Crippen molar-refractivity contribution in [1.29, 1.82) is 0 Å². The number of hydrogen-bond donors (Lipinski definition) is 3. The Morgan fingerprint density at radius 3 is 3.04 bits per heavy atom. The van der Waals surface area contributed by atoms with E-state index >= 15 is 0 Å². The molecule has 1 saturated carbocycles. The number of carbonyl (C=O) groups is 1. The normalized spacial score (nSPS) is 29.5. The minimum Gasteiger partial charge on any atom is -0.491 e. The van der Waals surface area contributed by atoms with E-state index in [0.29, 0.717) is 13.2 Å². The molecule has 0 radical (unpaired) electrons. The van der Waals surface area contributed by atoms with Crippen molar-refractivity contribution in [1.82, 2.24) is 10.6 Å². The van der Waals surface area contributed by atoms with E-state index in [-0.39, 0.29) is 23.6 Å². The zero-order chi connectivity index (χ0) is 16.4. The molecule has 0 aromatic heterocycles. The molecule has 1 aromatic rings. The van der Waals surface area contributed by atoms with E-state index in [0.717, 1.165) is 42.6 Å². The van der Waals surface area contributed by atoms with Gasteiger partial charge in [-0.3, -0.25) is 0 Å². The third-order valence-electron chi connectivity index (χ3n) is 5.18. The maximum atomic E-state index is 12.2. The first-order valence-corrected chi connectivity index (χ1v) is 8.44. The van der Waals surface area contributed by atoms with Crippen molar-refractivity contribution < 1.29 is 14.6 Å². The van der Waals surface area contributed by atoms with E-state index < -0.39 is 0 Å². The van der Waals surface area contributed by atoms with Crippen LogP contribution >= 0.6 is 0 Å². The standard InChI is InChI=1S/C18H26N2O3/c1-12-6-7-15-13(9-12)14(10-23-15)20-17(22)19-11-18(2)8-4-3-5-16(18)21/h6-7,9,14,16,21H,3-5,8,10-11H2,1-2H3,(H2,19,20,22). The highest BCUT2D eigenvalue weighted by molar-refractivity contribution is 5.74. The lowest BCUT2D eigenvalue weighted by molar-refractivity contribution is 0.00303. The summed E-state index contributed by atoms with van der Waals surface area (Å²) < 4.78 is 5.62. The largest absolute Gasteiger partial charge is 0.491 e. The molecule has 1 aliphatic carbocycles. The van der Waals surface area contributed by atoms with Gasteiger partial charge in [0.15, 0.2) is 0 Å². The number of nitrogens with one attached hydrogen (secondary N) is 2. The highest BCUT2D eigenvalue weighted by Gasteiger charge is 2.36. The molecule has 5 nitrogen and oxygen atoms in total. The van der Waals surface area contributed by atoms with Gasteiger partial charge in [-0.1, -0.05) is 37.5 Å². The second-order valence-electron chi connectivity index (χ2n) is 7.15. The summed E-state index contributed by atoms with van der Waals surface area (Å²) in [5.41, 5.74) is 1.96. The summed E-state index contributed by atoms with van der Waals surface area (Å²) in [5.74, 6) is 0.843. The van der Waals surface area contributed by atoms with Crippen molar-refractivity contribution >= 4 is 6.03 Å². The van der Waals surface area contributed by atoms with Gasteiger partial charge >= 0.3 is 6.03 Å². The number of amides is 2. The molecule has 0 bridgehead atoms. The van der Waals surface area contributed by atoms with Crippen LogP contribution in [0.4, 0.5) is 4.79 Å². The summed E-state index contributed by atoms with van der Waals surface area (Å²) in [6.45, 7) is 5.04. The number of fused-ring (bicyclic) bond motifs is 1. The van der Waals surface area contributed by atoms with Crippen LogP contribution in [0.25, 0.3) is 0 Å². The monoisotopic (exact) mass is 318 g/mol. The predicted molar refractivity (Wildman–Crippen MR) is 88.5 cm³/mol. The molecule has 5 heteroatoms. The van der Waals surface area contributed by atoms with Crippen molar-refractivity contribution in [2.75, 3.05) is 13.2 Å². The van der Waals surface area contributed by atoms with Crippen LogP contribution in [0.3, 0.4) is 0 Å². The van der Waals surface area contributed by atoms with Crippen molar-refractivity contribution in [3.05, 3.63) is 29.3 Å². The lowest BCUT2D eigenvalue weighted by atomic mass is 9.73. The van der Waals surface area contributed by atoms with Crippen LogP contribution in [0.15, 0.2) is 18.2 Å². The maximum Gasteiger partial charge on any atom is 0.315 e. The van der Waals surface area contributed by atoms with E-state index in [4.69, 9.17) is 4.74 Å². The van der Waals surface area contributed by atoms with Gasteiger partial charge in [0.05, 0.1) is 12.1 Å². The van der Waals surface area contributed by atoms with Crippen LogP contribution in [0, 0.1) is 12.3 Å². The average molecular weight is 318 g/mol. The molecule has 1 aromatic carbocycles. The van der Waals surface area contributed by atoms with Gasteiger partial charge in [0.2, 0.25) is 0 Å². The maximum absolute atomic E-state index is 12.2. The molecule has 2 aliphatic rings. The highest BCUT2D eigenvalue weighted by Crippen LogP contribution is 2.36. The topological polar surface area (TPSA) is 70.6 Å². The number of aliphatic hydroxyl groups is 1. The van der Waals surface area contributed by atoms with Crippen LogP contribution in [0.2, 0.25) is 0 Å². The molecule has 3 unspecified atom stereocenters. The Hall–Kier alpha value is -1.75. The molecule has 1 heterocycles. The molecule has 3 N–H and O–H groups in total. The lowest BCUT2D eigenvalue weighted by Gasteiger charge is -2.38. The van der Waals surface area contributed by atoms with Gasteiger partial charge in [-0.25, -0.2) is 4.79 Å². The molecule has 1 aliphatic heterocycles. The molecular formula is C18H26N2O3. The number of benzene rings is 1. The second kappa shape index (κ2) is 6.40. The van der Waals surface area contributed by atoms with E-state index in [1.165, 1.54) is 0 Å². The first-order chi connectivity index (χ1) is 11.0. The summed E-state index contributed by atoms with van der Waals surface area (Å²) in [4.78, 5) is 12.2. The zero-order valence-electron chi connectivity index (χ0n) is 13.9. The summed E-state index contributed by atoms with van der Waals surface area (Å²) in [7, 11) is 0. The highest BCUT2D eigenvalue weighted by atomic mass is 16.5. The number of aryl methyl sites for hydroxylation is 1. The molecule has 0 spiro atoms. The molecular weight excluding hydrogens is 292 g/mol. The first kappa shape index (κ1) is 16.1. The summed E-state index contributed by atoms with van der Waals surface area (Å²) in [5, 5.41) is 16.1. The van der Waals surface area contributed by atoms with Crippen LogP contribution in [-0.4, -0.2) is 30.4 Å². The van der Waals surface area contributed by atoms with Gasteiger partial charge in [-0.2, -0.15) is 0 Å². The van der Waals surface area contributed by atoms with Crippen molar-refractivity contribution in [3.8, 4) is 5.75 Å². The molecule has 23 heavy (non-hydrogen) atoms. The van der Waals surface area contributed by atoms with Gasteiger partial charge in [-0.15, -0.1) is 0 Å². The Labute approximate surface area is 137 Å². The van der Waals surface area contributed by atoms with Gasteiger partial charge in [-0.05, 0) is 25.8 Å². The summed E-state index contributed by atoms with van der Waals surface area (Å²) in [6, 6.07) is 5.69. The van der Waals surface area contributed by atoms with Crippen molar-refractivity contribution in [2.24, 2.45) is 5.41 Å². The van der Waals surface area contributed by atoms with Crippen molar-refractivity contribution in [3.63, 3.8) is 0 Å². The molecule has 126 valence electrons. The summed E-state index contributed by atoms with van der Waals surface area (Å²) >= 11 is 0. The first-order valence-electron chi connectivity index (χ1n) is 8.44. The van der Waals surface area contributed by atoms with Crippen LogP contribution in [0.1, 0.15) is 49.8 Å². The summed E-state index contributed by atoms with van der Waals surface area (Å²) in [6.07, 6.45) is 3.61. The predicted octanol–water partition coefficient (Wildman–Crippen LogP) is 2.67. The number of rotatable bonds is 3. The van der Waals surface area contributed by atoms with E-state index in [1.807, 2.05) is 19.1 Å². The van der Waals surface area contributed by atoms with E-state index in [2.05, 4.69) is 23.6 Å². The smallest absolute Gasteiger partial charge is 0.315 e. The Kier molecular flexibility index (Phi) is 4.48. The Morgan fingerprint density at radius 2 is 2.26 bits per heavy atom. The lowest BCUT2D eigenvalue weighted by Crippen LogP contribution is -2.48. The minimum atomic E-state index is -0.338. The van der Waals surface area contributed by atoms with Crippen molar-refractivity contribution in [2.45, 2.75) is 51.7 Å². The van der Waals surface area contributed by atoms with Gasteiger partial charge in [0, 0.05) is 17.5 Å². The SMILES string of the molecule is Cc1ccc2c(c1)C(NC(=O)NCC1(C)CCCCC1O)CO2. The van der Waals surface area contributed by atoms with Gasteiger partial charge < -0.3 is 20.5 Å². The minimum absolute atomic E-state index is 0.117. The fraction of sp³-hybridized carbons (Fsp3) is 0.611. The Morgan fingerprint density at radius 1 is 1.43 bits per heavy atom. The Balaban J connectivity index is 1.56. The van der Waals surface area contributed by atoms with Crippen LogP contribution < -0.4 is 15.4 Å². The van der Waals surface area contributed by atoms with Gasteiger partial charge in [0.1, 0.15) is 12.4 Å². The molecule has 0 saturated heterocycles. The zero-order valence-corrected chi connectivity index (χ0v) is 13.9. The molecule has 1 fully saturated rings. The quantitative estimate of drug-likeness (QED) is 0.802. The third kappa shape index (κ3) is 3.44. The molecule has 3 rings (SSSR count). The molecule has 2 amide bonds. The number of urea groups is 1. The van der Waals surface area contributed by atoms with Crippen LogP contribution in [-0.2, 0) is 0 Å². The fourth-order valence-corrected chi connectivity index (χ4v) is 3.53.